The monoisotopic (exact) mass is 273 g/mol. The first-order chi connectivity index (χ1) is 9.56. The Hall–Kier alpha value is -1.09. The van der Waals surface area contributed by atoms with Crippen LogP contribution in [-0.4, -0.2) is 42.6 Å². The van der Waals surface area contributed by atoms with E-state index in [0.29, 0.717) is 12.0 Å². The third kappa shape index (κ3) is 2.69. The van der Waals surface area contributed by atoms with Crippen molar-refractivity contribution in [1.82, 2.24) is 9.88 Å². The second-order valence-electron chi connectivity index (χ2n) is 6.85. The van der Waals surface area contributed by atoms with Crippen LogP contribution in [0.2, 0.25) is 0 Å². The van der Waals surface area contributed by atoms with E-state index < -0.39 is 0 Å². The molecule has 110 valence electrons. The van der Waals surface area contributed by atoms with Crippen LogP contribution in [0.5, 0.6) is 0 Å². The van der Waals surface area contributed by atoms with Crippen molar-refractivity contribution in [1.29, 1.82) is 0 Å². The Kier molecular flexibility index (Phi) is 3.72. The zero-order valence-electron chi connectivity index (χ0n) is 13.3. The third-order valence-electron chi connectivity index (χ3n) is 4.81. The van der Waals surface area contributed by atoms with Gasteiger partial charge in [0.15, 0.2) is 0 Å². The van der Waals surface area contributed by atoms with E-state index in [-0.39, 0.29) is 0 Å². The Morgan fingerprint density at radius 2 is 1.95 bits per heavy atom. The van der Waals surface area contributed by atoms with E-state index in [2.05, 4.69) is 49.8 Å². The zero-order chi connectivity index (χ0) is 14.3. The Balaban J connectivity index is 1.85. The Morgan fingerprint density at radius 1 is 1.20 bits per heavy atom. The van der Waals surface area contributed by atoms with Gasteiger partial charge in [-0.05, 0) is 44.4 Å². The summed E-state index contributed by atoms with van der Waals surface area (Å²) in [5.41, 5.74) is 2.84. The van der Waals surface area contributed by atoms with Crippen LogP contribution >= 0.6 is 0 Å². The van der Waals surface area contributed by atoms with Crippen molar-refractivity contribution in [2.75, 3.05) is 31.6 Å². The molecule has 1 unspecified atom stereocenters. The standard InChI is InChI=1S/C17H27N3/c1-12(2)15-7-8-16(18-17(15)14-5-6-14)20-10-9-19(4)13(3)11-20/h7-8,12-14H,5-6,9-11H2,1-4H3. The summed E-state index contributed by atoms with van der Waals surface area (Å²) in [6.07, 6.45) is 2.66. The van der Waals surface area contributed by atoms with Crippen molar-refractivity contribution >= 4 is 5.82 Å². The highest BCUT2D eigenvalue weighted by Gasteiger charge is 2.30. The van der Waals surface area contributed by atoms with E-state index in [1.54, 1.807) is 0 Å². The van der Waals surface area contributed by atoms with E-state index in [1.807, 2.05) is 0 Å². The lowest BCUT2D eigenvalue weighted by Gasteiger charge is -2.38. The predicted octanol–water partition coefficient (Wildman–Crippen LogP) is 3.22. The van der Waals surface area contributed by atoms with Crippen LogP contribution in [0.1, 0.15) is 56.7 Å². The van der Waals surface area contributed by atoms with Crippen molar-refractivity contribution < 1.29 is 0 Å². The Bertz CT molecular complexity index is 479. The van der Waals surface area contributed by atoms with Gasteiger partial charge in [-0.2, -0.15) is 0 Å². The summed E-state index contributed by atoms with van der Waals surface area (Å²) in [5.74, 6) is 2.51. The largest absolute Gasteiger partial charge is 0.354 e. The number of piperazine rings is 1. The van der Waals surface area contributed by atoms with Gasteiger partial charge >= 0.3 is 0 Å². The molecule has 3 heteroatoms. The smallest absolute Gasteiger partial charge is 0.128 e. The lowest BCUT2D eigenvalue weighted by Crippen LogP contribution is -2.50. The summed E-state index contributed by atoms with van der Waals surface area (Å²) >= 11 is 0. The van der Waals surface area contributed by atoms with Gasteiger partial charge in [0.2, 0.25) is 0 Å². The molecular formula is C17H27N3. The van der Waals surface area contributed by atoms with E-state index in [4.69, 9.17) is 4.98 Å². The van der Waals surface area contributed by atoms with E-state index >= 15 is 0 Å². The van der Waals surface area contributed by atoms with Crippen LogP contribution in [0.15, 0.2) is 12.1 Å². The van der Waals surface area contributed by atoms with Crippen LogP contribution in [0.4, 0.5) is 5.82 Å². The highest BCUT2D eigenvalue weighted by atomic mass is 15.3. The molecular weight excluding hydrogens is 246 g/mol. The fourth-order valence-electron chi connectivity index (χ4n) is 3.08. The molecule has 0 N–H and O–H groups in total. The summed E-state index contributed by atoms with van der Waals surface area (Å²) in [7, 11) is 2.22. The molecule has 3 nitrogen and oxygen atoms in total. The topological polar surface area (TPSA) is 19.4 Å². The van der Waals surface area contributed by atoms with Gasteiger partial charge in [0.05, 0.1) is 0 Å². The number of nitrogens with zero attached hydrogens (tertiary/aromatic N) is 3. The summed E-state index contributed by atoms with van der Waals surface area (Å²) in [5, 5.41) is 0. The molecule has 2 heterocycles. The molecule has 0 bridgehead atoms. The summed E-state index contributed by atoms with van der Waals surface area (Å²) in [4.78, 5) is 9.94. The highest BCUT2D eigenvalue weighted by Crippen LogP contribution is 2.43. The Morgan fingerprint density at radius 3 is 2.55 bits per heavy atom. The van der Waals surface area contributed by atoms with Gasteiger partial charge in [0.25, 0.3) is 0 Å². The Labute approximate surface area is 123 Å². The molecule has 0 amide bonds. The maximum atomic E-state index is 5.05. The molecule has 0 aromatic carbocycles. The normalized spacial score (nSPS) is 24.4. The summed E-state index contributed by atoms with van der Waals surface area (Å²) in [6, 6.07) is 5.17. The molecule has 3 rings (SSSR count). The quantitative estimate of drug-likeness (QED) is 0.843. The minimum absolute atomic E-state index is 0.582. The summed E-state index contributed by atoms with van der Waals surface area (Å²) < 4.78 is 0. The highest BCUT2D eigenvalue weighted by molar-refractivity contribution is 5.45. The van der Waals surface area contributed by atoms with E-state index in [0.717, 1.165) is 25.6 Å². The van der Waals surface area contributed by atoms with Crippen molar-refractivity contribution in [3.05, 3.63) is 23.4 Å². The summed E-state index contributed by atoms with van der Waals surface area (Å²) in [6.45, 7) is 10.2. The molecule has 1 aliphatic carbocycles. The first-order valence-corrected chi connectivity index (χ1v) is 8.02. The van der Waals surface area contributed by atoms with E-state index in [9.17, 15) is 0 Å². The first-order valence-electron chi connectivity index (χ1n) is 8.02. The number of anilines is 1. The minimum Gasteiger partial charge on any atom is -0.354 e. The molecule has 1 atom stereocenters. The third-order valence-corrected chi connectivity index (χ3v) is 4.81. The molecule has 1 aliphatic heterocycles. The van der Waals surface area contributed by atoms with Crippen LogP contribution in [0.3, 0.4) is 0 Å². The average molecular weight is 273 g/mol. The molecule has 1 aromatic rings. The molecule has 1 saturated heterocycles. The number of rotatable bonds is 3. The fourth-order valence-corrected chi connectivity index (χ4v) is 3.08. The van der Waals surface area contributed by atoms with Crippen molar-refractivity contribution in [3.8, 4) is 0 Å². The average Bonchev–Trinajstić information content (AvgIpc) is 3.25. The predicted molar refractivity (Wildman–Crippen MR) is 84.6 cm³/mol. The lowest BCUT2D eigenvalue weighted by molar-refractivity contribution is 0.233. The molecule has 0 spiro atoms. The first kappa shape index (κ1) is 13.9. The number of pyridine rings is 1. The van der Waals surface area contributed by atoms with Gasteiger partial charge in [-0.1, -0.05) is 19.9 Å². The number of likely N-dealkylation sites (N-methyl/N-ethyl adjacent to an activating group) is 1. The fraction of sp³-hybridized carbons (Fsp3) is 0.706. The van der Waals surface area contributed by atoms with Crippen molar-refractivity contribution in [3.63, 3.8) is 0 Å². The molecule has 1 aromatic heterocycles. The van der Waals surface area contributed by atoms with Crippen molar-refractivity contribution in [2.24, 2.45) is 0 Å². The molecule has 0 radical (unpaired) electrons. The molecule has 2 aliphatic rings. The van der Waals surface area contributed by atoms with Gasteiger partial charge in [0, 0.05) is 37.3 Å². The minimum atomic E-state index is 0.582. The van der Waals surface area contributed by atoms with Crippen LogP contribution in [0, 0.1) is 0 Å². The van der Waals surface area contributed by atoms with Gasteiger partial charge in [-0.15, -0.1) is 0 Å². The van der Waals surface area contributed by atoms with Crippen LogP contribution in [0.25, 0.3) is 0 Å². The molecule has 2 fully saturated rings. The van der Waals surface area contributed by atoms with Crippen LogP contribution in [-0.2, 0) is 0 Å². The second kappa shape index (κ2) is 5.36. The lowest BCUT2D eigenvalue weighted by atomic mass is 9.99. The molecule has 20 heavy (non-hydrogen) atoms. The van der Waals surface area contributed by atoms with Gasteiger partial charge in [-0.25, -0.2) is 4.98 Å². The maximum absolute atomic E-state index is 5.05. The number of aromatic nitrogens is 1. The number of hydrogen-bond donors (Lipinski definition) is 0. The van der Waals surface area contributed by atoms with E-state index in [1.165, 1.54) is 29.9 Å². The van der Waals surface area contributed by atoms with Gasteiger partial charge in [0.1, 0.15) is 5.82 Å². The van der Waals surface area contributed by atoms with Gasteiger partial charge < -0.3 is 9.80 Å². The van der Waals surface area contributed by atoms with Crippen molar-refractivity contribution in [2.45, 2.75) is 51.5 Å². The SMILES string of the molecule is CC(C)c1ccc(N2CCN(C)C(C)C2)nc1C1CC1. The number of hydrogen-bond acceptors (Lipinski definition) is 3. The second-order valence-corrected chi connectivity index (χ2v) is 6.85. The molecule has 1 saturated carbocycles. The van der Waals surface area contributed by atoms with Crippen LogP contribution < -0.4 is 4.90 Å². The van der Waals surface area contributed by atoms with Gasteiger partial charge in [-0.3, -0.25) is 0 Å². The zero-order valence-corrected chi connectivity index (χ0v) is 13.3. The maximum Gasteiger partial charge on any atom is 0.128 e.